The fraction of sp³-hybridized carbons (Fsp3) is 0.400. The molecule has 1 aliphatic rings. The monoisotopic (exact) mass is 296 g/mol. The Bertz CT molecular complexity index is 562. The summed E-state index contributed by atoms with van der Waals surface area (Å²) in [6, 6.07) is 19.0. The molecule has 0 N–H and O–H groups in total. The van der Waals surface area contributed by atoms with Gasteiger partial charge in [-0.05, 0) is 55.4 Å². The van der Waals surface area contributed by atoms with Crippen molar-refractivity contribution in [1.29, 1.82) is 0 Å². The van der Waals surface area contributed by atoms with E-state index in [9.17, 15) is 0 Å². The first-order valence-electron chi connectivity index (χ1n) is 8.18. The predicted octanol–water partition coefficient (Wildman–Crippen LogP) is 4.94. The van der Waals surface area contributed by atoms with E-state index in [4.69, 9.17) is 9.47 Å². The molecule has 2 heteroatoms. The third-order valence-corrected chi connectivity index (χ3v) is 4.43. The summed E-state index contributed by atoms with van der Waals surface area (Å²) in [7, 11) is 1.70. The van der Waals surface area contributed by atoms with Crippen LogP contribution in [0, 0.1) is 0 Å². The summed E-state index contributed by atoms with van der Waals surface area (Å²) < 4.78 is 11.6. The number of hydrogen-bond acceptors (Lipinski definition) is 2. The van der Waals surface area contributed by atoms with E-state index in [1.54, 1.807) is 7.11 Å². The van der Waals surface area contributed by atoms with Crippen LogP contribution in [0.1, 0.15) is 42.9 Å². The van der Waals surface area contributed by atoms with Gasteiger partial charge >= 0.3 is 0 Å². The van der Waals surface area contributed by atoms with Gasteiger partial charge in [0.2, 0.25) is 0 Å². The van der Waals surface area contributed by atoms with Crippen LogP contribution in [0.15, 0.2) is 54.6 Å². The average molecular weight is 296 g/mol. The van der Waals surface area contributed by atoms with Crippen molar-refractivity contribution in [3.8, 4) is 5.75 Å². The quantitative estimate of drug-likeness (QED) is 0.778. The molecular weight excluding hydrogens is 272 g/mol. The molecule has 22 heavy (non-hydrogen) atoms. The summed E-state index contributed by atoms with van der Waals surface area (Å²) in [6.45, 7) is 0. The third kappa shape index (κ3) is 3.89. The molecule has 1 saturated heterocycles. The molecule has 0 amide bonds. The van der Waals surface area contributed by atoms with Crippen molar-refractivity contribution in [2.75, 3.05) is 7.11 Å². The smallest absolute Gasteiger partial charge is 0.118 e. The molecule has 0 saturated carbocycles. The van der Waals surface area contributed by atoms with Gasteiger partial charge in [-0.15, -0.1) is 0 Å². The summed E-state index contributed by atoms with van der Waals surface area (Å²) in [5, 5.41) is 0. The summed E-state index contributed by atoms with van der Waals surface area (Å²) in [4.78, 5) is 0. The van der Waals surface area contributed by atoms with Crippen LogP contribution in [-0.2, 0) is 11.2 Å². The second kappa shape index (κ2) is 7.46. The minimum Gasteiger partial charge on any atom is -0.497 e. The minimum atomic E-state index is 0.237. The van der Waals surface area contributed by atoms with Crippen molar-refractivity contribution < 1.29 is 9.47 Å². The van der Waals surface area contributed by atoms with Gasteiger partial charge < -0.3 is 9.47 Å². The van der Waals surface area contributed by atoms with Gasteiger partial charge in [0.25, 0.3) is 0 Å². The molecule has 2 atom stereocenters. The molecule has 1 aliphatic heterocycles. The fourth-order valence-electron chi connectivity index (χ4n) is 3.15. The standard InChI is InChI=1S/C20H24O2/c1-21-18-14-11-17(12-15-18)20-9-5-8-19(22-20)13-10-16-6-3-2-4-7-16/h2-4,6-7,11-12,14-15,19-20H,5,8-10,13H2,1H3/t19-,20+/m0/s1. The van der Waals surface area contributed by atoms with Crippen LogP contribution in [0.25, 0.3) is 0 Å². The molecule has 2 aromatic carbocycles. The van der Waals surface area contributed by atoms with Crippen LogP contribution >= 0.6 is 0 Å². The second-order valence-corrected chi connectivity index (χ2v) is 5.98. The molecule has 3 rings (SSSR count). The Balaban J connectivity index is 1.56. The number of ether oxygens (including phenoxy) is 2. The highest BCUT2D eigenvalue weighted by atomic mass is 16.5. The zero-order valence-electron chi connectivity index (χ0n) is 13.2. The first kappa shape index (κ1) is 15.1. The molecule has 116 valence electrons. The zero-order chi connectivity index (χ0) is 15.2. The summed E-state index contributed by atoms with van der Waals surface area (Å²) in [5.41, 5.74) is 2.67. The lowest BCUT2D eigenvalue weighted by molar-refractivity contribution is -0.0546. The van der Waals surface area contributed by atoms with Crippen LogP contribution < -0.4 is 4.74 Å². The van der Waals surface area contributed by atoms with E-state index in [1.165, 1.54) is 24.0 Å². The normalized spacial score (nSPS) is 21.5. The molecule has 0 aromatic heterocycles. The first-order valence-corrected chi connectivity index (χ1v) is 8.18. The Morgan fingerprint density at radius 3 is 2.50 bits per heavy atom. The van der Waals surface area contributed by atoms with Crippen molar-refractivity contribution in [1.82, 2.24) is 0 Å². The Hall–Kier alpha value is -1.80. The predicted molar refractivity (Wildman–Crippen MR) is 89.2 cm³/mol. The lowest BCUT2D eigenvalue weighted by Gasteiger charge is -2.30. The highest BCUT2D eigenvalue weighted by Crippen LogP contribution is 2.33. The van der Waals surface area contributed by atoms with E-state index in [-0.39, 0.29) is 6.10 Å². The van der Waals surface area contributed by atoms with E-state index in [0.29, 0.717) is 6.10 Å². The van der Waals surface area contributed by atoms with Crippen molar-refractivity contribution in [2.24, 2.45) is 0 Å². The Labute approximate surface area is 133 Å². The van der Waals surface area contributed by atoms with Crippen molar-refractivity contribution >= 4 is 0 Å². The number of methoxy groups -OCH3 is 1. The van der Waals surface area contributed by atoms with E-state index >= 15 is 0 Å². The molecule has 2 nitrogen and oxygen atoms in total. The molecule has 0 unspecified atom stereocenters. The fourth-order valence-corrected chi connectivity index (χ4v) is 3.15. The van der Waals surface area contributed by atoms with E-state index < -0.39 is 0 Å². The highest BCUT2D eigenvalue weighted by molar-refractivity contribution is 5.28. The maximum atomic E-state index is 6.33. The maximum Gasteiger partial charge on any atom is 0.118 e. The first-order chi connectivity index (χ1) is 10.8. The topological polar surface area (TPSA) is 18.5 Å². The lowest BCUT2D eigenvalue weighted by atomic mass is 9.95. The minimum absolute atomic E-state index is 0.237. The van der Waals surface area contributed by atoms with Crippen molar-refractivity contribution in [2.45, 2.75) is 44.3 Å². The van der Waals surface area contributed by atoms with Gasteiger partial charge in [-0.25, -0.2) is 0 Å². The van der Waals surface area contributed by atoms with Gasteiger partial charge in [-0.3, -0.25) is 0 Å². The van der Waals surface area contributed by atoms with E-state index in [1.807, 2.05) is 12.1 Å². The number of rotatable bonds is 5. The highest BCUT2D eigenvalue weighted by Gasteiger charge is 2.23. The molecule has 1 fully saturated rings. The van der Waals surface area contributed by atoms with Crippen LogP contribution in [0.4, 0.5) is 0 Å². The second-order valence-electron chi connectivity index (χ2n) is 5.98. The third-order valence-electron chi connectivity index (χ3n) is 4.43. The number of hydrogen-bond donors (Lipinski definition) is 0. The van der Waals surface area contributed by atoms with Gasteiger partial charge in [0.05, 0.1) is 19.3 Å². The summed E-state index contributed by atoms with van der Waals surface area (Å²) in [5.74, 6) is 0.903. The van der Waals surface area contributed by atoms with Gasteiger partial charge in [0, 0.05) is 0 Å². The van der Waals surface area contributed by atoms with Crippen molar-refractivity contribution in [3.63, 3.8) is 0 Å². The summed E-state index contributed by atoms with van der Waals surface area (Å²) in [6.07, 6.45) is 6.36. The maximum absolute atomic E-state index is 6.33. The molecule has 2 aromatic rings. The van der Waals surface area contributed by atoms with Gasteiger partial charge in [0.1, 0.15) is 5.75 Å². The number of benzene rings is 2. The Morgan fingerprint density at radius 1 is 1.00 bits per heavy atom. The Kier molecular flexibility index (Phi) is 5.12. The SMILES string of the molecule is COc1ccc([C@H]2CCC[C@@H](CCc3ccccc3)O2)cc1. The van der Waals surface area contributed by atoms with Crippen molar-refractivity contribution in [3.05, 3.63) is 65.7 Å². The molecule has 1 heterocycles. The van der Waals surface area contributed by atoms with Crippen LogP contribution in [0.5, 0.6) is 5.75 Å². The van der Waals surface area contributed by atoms with E-state index in [0.717, 1.165) is 25.0 Å². The number of aryl methyl sites for hydroxylation is 1. The lowest BCUT2D eigenvalue weighted by Crippen LogP contribution is -2.23. The van der Waals surface area contributed by atoms with Crippen LogP contribution in [-0.4, -0.2) is 13.2 Å². The zero-order valence-corrected chi connectivity index (χ0v) is 13.2. The largest absolute Gasteiger partial charge is 0.497 e. The molecule has 0 bridgehead atoms. The van der Waals surface area contributed by atoms with Gasteiger partial charge in [0.15, 0.2) is 0 Å². The molecule has 0 spiro atoms. The molecular formula is C20H24O2. The average Bonchev–Trinajstić information content (AvgIpc) is 2.61. The molecule has 0 radical (unpaired) electrons. The molecule has 0 aliphatic carbocycles. The summed E-state index contributed by atoms with van der Waals surface area (Å²) >= 11 is 0. The Morgan fingerprint density at radius 2 is 1.77 bits per heavy atom. The van der Waals surface area contributed by atoms with Gasteiger partial charge in [-0.1, -0.05) is 42.5 Å². The van der Waals surface area contributed by atoms with Gasteiger partial charge in [-0.2, -0.15) is 0 Å². The van der Waals surface area contributed by atoms with Crippen LogP contribution in [0.3, 0.4) is 0 Å². The van der Waals surface area contributed by atoms with E-state index in [2.05, 4.69) is 42.5 Å². The van der Waals surface area contributed by atoms with Crippen LogP contribution in [0.2, 0.25) is 0 Å².